The highest BCUT2D eigenvalue weighted by molar-refractivity contribution is 5.90. The van der Waals surface area contributed by atoms with Crippen molar-refractivity contribution in [3.05, 3.63) is 12.1 Å². The lowest BCUT2D eigenvalue weighted by Crippen LogP contribution is -2.47. The molecule has 1 aliphatic heterocycles. The second-order valence-corrected chi connectivity index (χ2v) is 6.13. The SMILES string of the molecule is COc1cc(NC(=O)N2CC(C)CC(C(=O)O)C2)cc(OC)c1OC. The summed E-state index contributed by atoms with van der Waals surface area (Å²) in [5.41, 5.74) is 0.476. The third-order valence-corrected chi connectivity index (χ3v) is 4.21. The number of hydrogen-bond acceptors (Lipinski definition) is 5. The highest BCUT2D eigenvalue weighted by atomic mass is 16.5. The smallest absolute Gasteiger partial charge is 0.321 e. The Bertz CT molecular complexity index is 623. The van der Waals surface area contributed by atoms with E-state index in [9.17, 15) is 14.7 Å². The van der Waals surface area contributed by atoms with E-state index in [1.54, 1.807) is 12.1 Å². The van der Waals surface area contributed by atoms with Crippen LogP contribution in [0.2, 0.25) is 0 Å². The number of carboxylic acid groups (broad SMARTS) is 1. The number of benzene rings is 1. The fourth-order valence-corrected chi connectivity index (χ4v) is 3.05. The van der Waals surface area contributed by atoms with E-state index < -0.39 is 11.9 Å². The number of carboxylic acids is 1. The molecule has 1 aromatic rings. The van der Waals surface area contributed by atoms with Gasteiger partial charge in [-0.2, -0.15) is 0 Å². The van der Waals surface area contributed by atoms with Crippen molar-refractivity contribution in [1.29, 1.82) is 0 Å². The topological polar surface area (TPSA) is 97.3 Å². The molecular formula is C17H24N2O6. The zero-order valence-corrected chi connectivity index (χ0v) is 14.9. The summed E-state index contributed by atoms with van der Waals surface area (Å²) in [5.74, 6) is -0.0206. The average molecular weight is 352 g/mol. The number of piperidine rings is 1. The van der Waals surface area contributed by atoms with Crippen LogP contribution in [0.3, 0.4) is 0 Å². The van der Waals surface area contributed by atoms with Crippen LogP contribution in [0.4, 0.5) is 10.5 Å². The van der Waals surface area contributed by atoms with E-state index in [2.05, 4.69) is 5.32 Å². The molecule has 25 heavy (non-hydrogen) atoms. The lowest BCUT2D eigenvalue weighted by molar-refractivity contribution is -0.143. The summed E-state index contributed by atoms with van der Waals surface area (Å²) in [4.78, 5) is 25.3. The maximum Gasteiger partial charge on any atom is 0.321 e. The van der Waals surface area contributed by atoms with Gasteiger partial charge in [-0.25, -0.2) is 4.79 Å². The van der Waals surface area contributed by atoms with Crippen LogP contribution in [0.15, 0.2) is 12.1 Å². The first-order valence-corrected chi connectivity index (χ1v) is 7.98. The van der Waals surface area contributed by atoms with Crippen LogP contribution in [0, 0.1) is 11.8 Å². The van der Waals surface area contributed by atoms with Gasteiger partial charge in [-0.3, -0.25) is 4.79 Å². The first kappa shape index (κ1) is 18.7. The minimum absolute atomic E-state index is 0.125. The van der Waals surface area contributed by atoms with Crippen LogP contribution in [0.25, 0.3) is 0 Å². The maximum atomic E-state index is 12.5. The van der Waals surface area contributed by atoms with Crippen molar-refractivity contribution >= 4 is 17.7 Å². The molecule has 1 heterocycles. The number of nitrogens with zero attached hydrogens (tertiary/aromatic N) is 1. The van der Waals surface area contributed by atoms with Gasteiger partial charge >= 0.3 is 12.0 Å². The minimum atomic E-state index is -0.878. The predicted molar refractivity (Wildman–Crippen MR) is 91.6 cm³/mol. The van der Waals surface area contributed by atoms with Gasteiger partial charge in [0.05, 0.1) is 32.9 Å². The molecule has 2 N–H and O–H groups in total. The normalized spacial score (nSPS) is 19.9. The second-order valence-electron chi connectivity index (χ2n) is 6.13. The summed E-state index contributed by atoms with van der Waals surface area (Å²) < 4.78 is 15.8. The third kappa shape index (κ3) is 4.26. The number of aliphatic carboxylic acids is 1. The number of likely N-dealkylation sites (tertiary alicyclic amines) is 1. The Balaban J connectivity index is 2.18. The number of hydrogen-bond donors (Lipinski definition) is 2. The highest BCUT2D eigenvalue weighted by Crippen LogP contribution is 2.40. The van der Waals surface area contributed by atoms with Crippen LogP contribution < -0.4 is 19.5 Å². The summed E-state index contributed by atoms with van der Waals surface area (Å²) in [7, 11) is 4.49. The summed E-state index contributed by atoms with van der Waals surface area (Å²) in [6, 6.07) is 2.90. The number of amides is 2. The van der Waals surface area contributed by atoms with Crippen molar-refractivity contribution in [1.82, 2.24) is 4.90 Å². The van der Waals surface area contributed by atoms with Gasteiger partial charge in [-0.05, 0) is 12.3 Å². The molecule has 1 saturated heterocycles. The first-order chi connectivity index (χ1) is 11.9. The van der Waals surface area contributed by atoms with Gasteiger partial charge in [0.1, 0.15) is 0 Å². The van der Waals surface area contributed by atoms with Gasteiger partial charge in [0.25, 0.3) is 0 Å². The van der Waals surface area contributed by atoms with Crippen LogP contribution in [0.1, 0.15) is 13.3 Å². The van der Waals surface area contributed by atoms with E-state index in [0.29, 0.717) is 35.9 Å². The fourth-order valence-electron chi connectivity index (χ4n) is 3.05. The Hall–Kier alpha value is -2.64. The Morgan fingerprint density at radius 2 is 1.72 bits per heavy atom. The molecule has 138 valence electrons. The monoisotopic (exact) mass is 352 g/mol. The Kier molecular flexibility index (Phi) is 5.95. The van der Waals surface area contributed by atoms with E-state index in [0.717, 1.165) is 0 Å². The van der Waals surface area contributed by atoms with Crippen molar-refractivity contribution in [2.75, 3.05) is 39.7 Å². The van der Waals surface area contributed by atoms with Gasteiger partial charge in [-0.15, -0.1) is 0 Å². The summed E-state index contributed by atoms with van der Waals surface area (Å²) in [6.07, 6.45) is 0.573. The highest BCUT2D eigenvalue weighted by Gasteiger charge is 2.32. The number of urea groups is 1. The molecule has 0 saturated carbocycles. The zero-order valence-electron chi connectivity index (χ0n) is 14.9. The number of anilines is 1. The first-order valence-electron chi connectivity index (χ1n) is 7.98. The van der Waals surface area contributed by atoms with Gasteiger partial charge in [-0.1, -0.05) is 6.92 Å². The summed E-state index contributed by atoms with van der Waals surface area (Å²) >= 11 is 0. The zero-order chi connectivity index (χ0) is 18.6. The molecule has 8 nitrogen and oxygen atoms in total. The molecule has 2 atom stereocenters. The number of nitrogens with one attached hydrogen (secondary N) is 1. The van der Waals surface area contributed by atoms with Crippen molar-refractivity contribution < 1.29 is 28.9 Å². The molecule has 0 aromatic heterocycles. The van der Waals surface area contributed by atoms with Crippen LogP contribution in [-0.4, -0.2) is 56.4 Å². The molecule has 1 aromatic carbocycles. The molecule has 0 spiro atoms. The molecule has 2 amide bonds. The summed E-state index contributed by atoms with van der Waals surface area (Å²) in [5, 5.41) is 12.0. The van der Waals surface area contributed by atoms with Crippen LogP contribution in [0.5, 0.6) is 17.2 Å². The fraction of sp³-hybridized carbons (Fsp3) is 0.529. The van der Waals surface area contributed by atoms with Crippen LogP contribution in [-0.2, 0) is 4.79 Å². The van der Waals surface area contributed by atoms with Crippen molar-refractivity contribution in [3.63, 3.8) is 0 Å². The average Bonchev–Trinajstić information content (AvgIpc) is 2.60. The van der Waals surface area contributed by atoms with E-state index in [4.69, 9.17) is 14.2 Å². The molecule has 2 rings (SSSR count). The van der Waals surface area contributed by atoms with Crippen molar-refractivity contribution in [2.24, 2.45) is 11.8 Å². The second kappa shape index (κ2) is 7.96. The molecule has 1 fully saturated rings. The van der Waals surface area contributed by atoms with E-state index in [1.807, 2.05) is 6.92 Å². The van der Waals surface area contributed by atoms with Crippen molar-refractivity contribution in [3.8, 4) is 17.2 Å². The maximum absolute atomic E-state index is 12.5. The number of methoxy groups -OCH3 is 3. The van der Waals surface area contributed by atoms with Gasteiger partial charge < -0.3 is 29.5 Å². The van der Waals surface area contributed by atoms with Gasteiger partial charge in [0, 0.05) is 25.2 Å². The number of carbonyl (C=O) groups excluding carboxylic acids is 1. The standard InChI is InChI=1S/C17H24N2O6/c1-10-5-11(16(20)21)9-19(8-10)17(22)18-12-6-13(23-2)15(25-4)14(7-12)24-3/h6-7,10-11H,5,8-9H2,1-4H3,(H,18,22)(H,20,21). The van der Waals surface area contributed by atoms with Crippen LogP contribution >= 0.6 is 0 Å². The Morgan fingerprint density at radius 1 is 1.12 bits per heavy atom. The Morgan fingerprint density at radius 3 is 2.20 bits per heavy atom. The molecule has 0 bridgehead atoms. The van der Waals surface area contributed by atoms with Gasteiger partial charge in [0.2, 0.25) is 5.75 Å². The largest absolute Gasteiger partial charge is 0.493 e. The minimum Gasteiger partial charge on any atom is -0.493 e. The quantitative estimate of drug-likeness (QED) is 0.844. The van der Waals surface area contributed by atoms with E-state index in [-0.39, 0.29) is 18.5 Å². The third-order valence-electron chi connectivity index (χ3n) is 4.21. The molecule has 2 unspecified atom stereocenters. The van der Waals surface area contributed by atoms with Gasteiger partial charge in [0.15, 0.2) is 11.5 Å². The molecule has 0 aliphatic carbocycles. The van der Waals surface area contributed by atoms with E-state index in [1.165, 1.54) is 26.2 Å². The van der Waals surface area contributed by atoms with Crippen molar-refractivity contribution in [2.45, 2.75) is 13.3 Å². The Labute approximate surface area is 146 Å². The number of ether oxygens (including phenoxy) is 3. The lowest BCUT2D eigenvalue weighted by atomic mass is 9.91. The lowest BCUT2D eigenvalue weighted by Gasteiger charge is -2.34. The summed E-state index contributed by atoms with van der Waals surface area (Å²) in [6.45, 7) is 2.64. The molecule has 0 radical (unpaired) electrons. The predicted octanol–water partition coefficient (Wildman–Crippen LogP) is 2.29. The number of rotatable bonds is 5. The van der Waals surface area contributed by atoms with E-state index >= 15 is 0 Å². The number of carbonyl (C=O) groups is 2. The molecular weight excluding hydrogens is 328 g/mol. The molecule has 8 heteroatoms. The molecule has 1 aliphatic rings.